The van der Waals surface area contributed by atoms with Gasteiger partial charge in [0.2, 0.25) is 0 Å². The fraction of sp³-hybridized carbons (Fsp3) is 0.783. The molecule has 8 heteroatoms. The Morgan fingerprint density at radius 1 is 1.06 bits per heavy atom. The van der Waals surface area contributed by atoms with E-state index >= 15 is 0 Å². The molecule has 0 aromatic carbocycles. The smallest absolute Gasteiger partial charge is 0.344 e. The van der Waals surface area contributed by atoms with Gasteiger partial charge in [0.05, 0.1) is 5.60 Å². The summed E-state index contributed by atoms with van der Waals surface area (Å²) in [5, 5.41) is 0. The van der Waals surface area contributed by atoms with Gasteiger partial charge < -0.3 is 23.7 Å². The van der Waals surface area contributed by atoms with Crippen LogP contribution in [0.2, 0.25) is 0 Å². The number of hydrogen-bond acceptors (Lipinski definition) is 8. The van der Waals surface area contributed by atoms with Gasteiger partial charge in [-0.25, -0.2) is 14.4 Å². The molecule has 4 rings (SSSR count). The van der Waals surface area contributed by atoms with Crippen molar-refractivity contribution in [3.63, 3.8) is 0 Å². The van der Waals surface area contributed by atoms with Crippen molar-refractivity contribution in [2.75, 3.05) is 13.2 Å². The van der Waals surface area contributed by atoms with Crippen LogP contribution in [0.3, 0.4) is 0 Å². The van der Waals surface area contributed by atoms with E-state index in [1.54, 1.807) is 13.8 Å². The molecule has 4 fully saturated rings. The fourth-order valence-corrected chi connectivity index (χ4v) is 5.82. The van der Waals surface area contributed by atoms with Crippen LogP contribution >= 0.6 is 0 Å². The Hall–Kier alpha value is -1.93. The van der Waals surface area contributed by atoms with Crippen molar-refractivity contribution in [2.45, 2.75) is 89.8 Å². The van der Waals surface area contributed by atoms with Crippen LogP contribution in [-0.2, 0) is 38.1 Å². The highest BCUT2D eigenvalue weighted by Gasteiger charge is 2.61. The van der Waals surface area contributed by atoms with Gasteiger partial charge in [0, 0.05) is 18.6 Å². The molecule has 174 valence electrons. The van der Waals surface area contributed by atoms with Gasteiger partial charge in [-0.05, 0) is 71.6 Å². The number of hydrogen-bond donors (Lipinski definition) is 0. The van der Waals surface area contributed by atoms with E-state index in [1.807, 2.05) is 6.92 Å². The maximum Gasteiger partial charge on any atom is 0.344 e. The van der Waals surface area contributed by atoms with Crippen LogP contribution in [-0.4, -0.2) is 54.7 Å². The van der Waals surface area contributed by atoms with Crippen LogP contribution in [0.1, 0.15) is 66.2 Å². The number of rotatable bonds is 10. The van der Waals surface area contributed by atoms with E-state index in [4.69, 9.17) is 23.7 Å². The molecule has 0 heterocycles. The Kier molecular flexibility index (Phi) is 7.11. The molecule has 4 bridgehead atoms. The Morgan fingerprint density at radius 3 is 2.26 bits per heavy atom. The quantitative estimate of drug-likeness (QED) is 0.222. The highest BCUT2D eigenvalue weighted by molar-refractivity contribution is 5.88. The molecule has 4 atom stereocenters. The van der Waals surface area contributed by atoms with Gasteiger partial charge in [0.25, 0.3) is 0 Å². The first-order valence-electron chi connectivity index (χ1n) is 11.1. The largest absolute Gasteiger partial charge is 0.456 e. The molecule has 0 aliphatic heterocycles. The highest BCUT2D eigenvalue weighted by Crippen LogP contribution is 2.60. The second-order valence-corrected chi connectivity index (χ2v) is 9.38. The number of ether oxygens (including phenoxy) is 5. The van der Waals surface area contributed by atoms with Gasteiger partial charge in [0.1, 0.15) is 5.60 Å². The lowest BCUT2D eigenvalue weighted by atomic mass is 9.52. The SMILES string of the molecule is C=C(C)C(=O)OCC(=O)OC12CC3CC(C1)CC(OC(C)C(=O)OC(C)OCC)(C3)C2. The molecular formula is C23H34O8. The van der Waals surface area contributed by atoms with Crippen molar-refractivity contribution in [3.8, 4) is 0 Å². The van der Waals surface area contributed by atoms with Gasteiger partial charge in [-0.3, -0.25) is 0 Å². The molecule has 4 unspecified atom stereocenters. The summed E-state index contributed by atoms with van der Waals surface area (Å²) in [5.74, 6) is -0.898. The first-order valence-corrected chi connectivity index (χ1v) is 11.1. The second kappa shape index (κ2) is 9.28. The molecule has 4 aliphatic rings. The molecule has 0 N–H and O–H groups in total. The average Bonchev–Trinajstić information content (AvgIpc) is 2.64. The minimum Gasteiger partial charge on any atom is -0.456 e. The van der Waals surface area contributed by atoms with E-state index in [-0.39, 0.29) is 5.57 Å². The van der Waals surface area contributed by atoms with E-state index in [2.05, 4.69) is 6.58 Å². The molecule has 0 aromatic heterocycles. The van der Waals surface area contributed by atoms with Crippen LogP contribution in [0.5, 0.6) is 0 Å². The third-order valence-electron chi connectivity index (χ3n) is 6.40. The summed E-state index contributed by atoms with van der Waals surface area (Å²) < 4.78 is 27.7. The Bertz CT molecular complexity index is 715. The number of esters is 3. The fourth-order valence-electron chi connectivity index (χ4n) is 5.82. The topological polar surface area (TPSA) is 97.4 Å². The minimum absolute atomic E-state index is 0.231. The molecule has 0 radical (unpaired) electrons. The Balaban J connectivity index is 1.63. The van der Waals surface area contributed by atoms with Crippen LogP contribution in [0.15, 0.2) is 12.2 Å². The minimum atomic E-state index is -0.747. The molecule has 0 amide bonds. The van der Waals surface area contributed by atoms with E-state index in [0.717, 1.165) is 32.1 Å². The molecule has 0 saturated heterocycles. The molecule has 4 aliphatic carbocycles. The Morgan fingerprint density at radius 2 is 1.68 bits per heavy atom. The predicted molar refractivity (Wildman–Crippen MR) is 110 cm³/mol. The van der Waals surface area contributed by atoms with Crippen molar-refractivity contribution in [2.24, 2.45) is 11.8 Å². The first-order chi connectivity index (χ1) is 14.6. The lowest BCUT2D eigenvalue weighted by molar-refractivity contribution is -0.250. The van der Waals surface area contributed by atoms with Crippen molar-refractivity contribution in [3.05, 3.63) is 12.2 Å². The summed E-state index contributed by atoms with van der Waals surface area (Å²) in [6.07, 6.45) is 3.46. The third kappa shape index (κ3) is 5.66. The van der Waals surface area contributed by atoms with Gasteiger partial charge in [-0.15, -0.1) is 0 Å². The van der Waals surface area contributed by atoms with Gasteiger partial charge in [-0.1, -0.05) is 6.58 Å². The van der Waals surface area contributed by atoms with Crippen LogP contribution in [0.25, 0.3) is 0 Å². The summed E-state index contributed by atoms with van der Waals surface area (Å²) in [6, 6.07) is 0. The van der Waals surface area contributed by atoms with Gasteiger partial charge in [0.15, 0.2) is 19.0 Å². The lowest BCUT2D eigenvalue weighted by Crippen LogP contribution is -2.62. The monoisotopic (exact) mass is 438 g/mol. The van der Waals surface area contributed by atoms with Gasteiger partial charge in [-0.2, -0.15) is 0 Å². The lowest BCUT2D eigenvalue weighted by Gasteiger charge is -2.60. The van der Waals surface area contributed by atoms with Crippen molar-refractivity contribution < 1.29 is 38.1 Å². The molecule has 31 heavy (non-hydrogen) atoms. The van der Waals surface area contributed by atoms with Crippen LogP contribution < -0.4 is 0 Å². The van der Waals surface area contributed by atoms with Crippen LogP contribution in [0.4, 0.5) is 0 Å². The maximum atomic E-state index is 12.4. The number of carbonyl (C=O) groups is 3. The molecule has 0 aromatic rings. The van der Waals surface area contributed by atoms with Gasteiger partial charge >= 0.3 is 17.9 Å². The highest BCUT2D eigenvalue weighted by atomic mass is 16.7. The summed E-state index contributed by atoms with van der Waals surface area (Å²) in [5.41, 5.74) is -0.931. The molecule has 4 saturated carbocycles. The first kappa shape index (κ1) is 23.7. The predicted octanol–water partition coefficient (Wildman–Crippen LogP) is 3.07. The molecular weight excluding hydrogens is 404 g/mol. The zero-order chi connectivity index (χ0) is 22.8. The maximum absolute atomic E-state index is 12.4. The third-order valence-corrected chi connectivity index (χ3v) is 6.40. The summed E-state index contributed by atoms with van der Waals surface area (Å²) >= 11 is 0. The Labute approximate surface area is 183 Å². The normalized spacial score (nSPS) is 32.8. The van der Waals surface area contributed by atoms with E-state index in [0.29, 0.717) is 24.9 Å². The summed E-state index contributed by atoms with van der Waals surface area (Å²) in [4.78, 5) is 36.4. The van der Waals surface area contributed by atoms with Crippen LogP contribution in [0, 0.1) is 11.8 Å². The standard InChI is InChI=1S/C23H34O8/c1-6-27-16(5)29-21(26)15(4)30-22-8-17-7-18(9-22)11-23(10-17,13-22)31-19(24)12-28-20(25)14(2)3/h15-18H,2,6-13H2,1,3-5H3. The zero-order valence-corrected chi connectivity index (χ0v) is 18.9. The summed E-state index contributed by atoms with van der Waals surface area (Å²) in [7, 11) is 0. The van der Waals surface area contributed by atoms with E-state index in [1.165, 1.54) is 6.92 Å². The average molecular weight is 439 g/mol. The van der Waals surface area contributed by atoms with Crippen molar-refractivity contribution in [1.29, 1.82) is 0 Å². The zero-order valence-electron chi connectivity index (χ0n) is 18.9. The molecule has 8 nitrogen and oxygen atoms in total. The van der Waals surface area contributed by atoms with E-state index in [9.17, 15) is 14.4 Å². The summed E-state index contributed by atoms with van der Waals surface area (Å²) in [6.45, 7) is 10.2. The molecule has 0 spiro atoms. The number of carbonyl (C=O) groups excluding carboxylic acids is 3. The second-order valence-electron chi connectivity index (χ2n) is 9.38. The van der Waals surface area contributed by atoms with Crippen molar-refractivity contribution in [1.82, 2.24) is 0 Å². The van der Waals surface area contributed by atoms with E-state index < -0.39 is 48.1 Å². The van der Waals surface area contributed by atoms with Crippen molar-refractivity contribution >= 4 is 17.9 Å².